The Morgan fingerprint density at radius 1 is 1.03 bits per heavy atom. The maximum Gasteiger partial charge on any atom is 0.311 e. The summed E-state index contributed by atoms with van der Waals surface area (Å²) in [7, 11) is 0. The van der Waals surface area contributed by atoms with Gasteiger partial charge in [0, 0.05) is 22.7 Å². The molecule has 0 aliphatic heterocycles. The van der Waals surface area contributed by atoms with Crippen LogP contribution in [-0.4, -0.2) is 18.5 Å². The number of halogens is 2. The van der Waals surface area contributed by atoms with Crippen molar-refractivity contribution in [2.45, 2.75) is 26.7 Å². The number of ether oxygens (including phenoxy) is 2. The van der Waals surface area contributed by atoms with E-state index in [2.05, 4.69) is 21.2 Å². The zero-order chi connectivity index (χ0) is 23.1. The summed E-state index contributed by atoms with van der Waals surface area (Å²) in [5.41, 5.74) is 3.04. The lowest BCUT2D eigenvalue weighted by molar-refractivity contribution is -0.134. The number of amides is 1. The third-order valence-electron chi connectivity index (χ3n) is 4.73. The molecule has 1 N–H and O–H groups in total. The molecule has 0 radical (unpaired) electrons. The third-order valence-corrected chi connectivity index (χ3v) is 6.30. The molecule has 0 atom stereocenters. The van der Waals surface area contributed by atoms with Crippen LogP contribution in [-0.2, 0) is 4.79 Å². The van der Waals surface area contributed by atoms with Crippen LogP contribution in [0.25, 0.3) is 0 Å². The van der Waals surface area contributed by atoms with Crippen LogP contribution >= 0.6 is 27.5 Å². The van der Waals surface area contributed by atoms with Crippen molar-refractivity contribution in [3.05, 3.63) is 86.8 Å². The van der Waals surface area contributed by atoms with Gasteiger partial charge in [-0.1, -0.05) is 29.8 Å². The van der Waals surface area contributed by atoms with E-state index in [1.165, 1.54) is 0 Å². The Morgan fingerprint density at radius 2 is 1.72 bits per heavy atom. The summed E-state index contributed by atoms with van der Waals surface area (Å²) in [6, 6.07) is 17.5. The lowest BCUT2D eigenvalue weighted by atomic mass is 10.1. The van der Waals surface area contributed by atoms with Crippen molar-refractivity contribution >= 4 is 45.1 Å². The average molecular weight is 517 g/mol. The smallest absolute Gasteiger partial charge is 0.311 e. The van der Waals surface area contributed by atoms with Crippen LogP contribution in [0.15, 0.2) is 65.1 Å². The van der Waals surface area contributed by atoms with Gasteiger partial charge in [-0.25, -0.2) is 0 Å². The van der Waals surface area contributed by atoms with Gasteiger partial charge in [0.1, 0.15) is 11.5 Å². The van der Waals surface area contributed by atoms with Gasteiger partial charge in [0.2, 0.25) is 0 Å². The van der Waals surface area contributed by atoms with Crippen molar-refractivity contribution in [2.75, 3.05) is 11.9 Å². The monoisotopic (exact) mass is 515 g/mol. The van der Waals surface area contributed by atoms with Gasteiger partial charge in [-0.05, 0) is 89.8 Å². The Morgan fingerprint density at radius 3 is 2.41 bits per heavy atom. The summed E-state index contributed by atoms with van der Waals surface area (Å²) in [4.78, 5) is 24.4. The third kappa shape index (κ3) is 6.34. The predicted octanol–water partition coefficient (Wildman–Crippen LogP) is 6.74. The van der Waals surface area contributed by atoms with Crippen molar-refractivity contribution in [3.63, 3.8) is 0 Å². The quantitative estimate of drug-likeness (QED) is 0.205. The zero-order valence-corrected chi connectivity index (χ0v) is 20.1. The molecule has 0 saturated heterocycles. The Bertz CT molecular complexity index is 1100. The van der Waals surface area contributed by atoms with E-state index < -0.39 is 0 Å². The molecule has 3 rings (SSSR count). The maximum absolute atomic E-state index is 12.3. The van der Waals surface area contributed by atoms with Crippen molar-refractivity contribution < 1.29 is 19.1 Å². The second-order valence-electron chi connectivity index (χ2n) is 7.22. The first-order valence-electron chi connectivity index (χ1n) is 10.1. The molecule has 0 heterocycles. The largest absolute Gasteiger partial charge is 0.492 e. The van der Waals surface area contributed by atoms with Gasteiger partial charge in [-0.2, -0.15) is 0 Å². The number of benzene rings is 3. The van der Waals surface area contributed by atoms with E-state index in [0.29, 0.717) is 40.8 Å². The summed E-state index contributed by atoms with van der Waals surface area (Å²) in [5, 5.41) is 3.51. The van der Waals surface area contributed by atoms with E-state index in [0.717, 1.165) is 15.6 Å². The molecule has 7 heteroatoms. The number of carbonyl (C=O) groups is 2. The SMILES string of the molecule is Cc1cc(OCCCC(=O)Oc2ccc(C(=O)Nc3ccccc3)cc2)c(Br)c(C)c1Cl. The van der Waals surface area contributed by atoms with Crippen molar-refractivity contribution in [3.8, 4) is 11.5 Å². The number of carbonyl (C=O) groups excluding carboxylic acids is 2. The molecule has 0 aromatic heterocycles. The Balaban J connectivity index is 1.45. The zero-order valence-electron chi connectivity index (χ0n) is 17.8. The minimum atomic E-state index is -0.363. The number of aryl methyl sites for hydroxylation is 1. The molecule has 0 spiro atoms. The van der Waals surface area contributed by atoms with Crippen LogP contribution in [0, 0.1) is 13.8 Å². The molecular formula is C25H23BrClNO4. The van der Waals surface area contributed by atoms with E-state index in [4.69, 9.17) is 21.1 Å². The molecule has 0 bridgehead atoms. The van der Waals surface area contributed by atoms with Crippen LogP contribution in [0.4, 0.5) is 5.69 Å². The molecule has 0 unspecified atom stereocenters. The minimum absolute atomic E-state index is 0.208. The molecule has 3 aromatic carbocycles. The number of rotatable bonds is 8. The molecular weight excluding hydrogens is 494 g/mol. The normalized spacial score (nSPS) is 10.5. The summed E-state index contributed by atoms with van der Waals surface area (Å²) in [6.07, 6.45) is 0.711. The first kappa shape index (κ1) is 23.8. The number of nitrogens with one attached hydrogen (secondary N) is 1. The summed E-state index contributed by atoms with van der Waals surface area (Å²) >= 11 is 9.72. The Hall–Kier alpha value is -2.83. The van der Waals surface area contributed by atoms with Crippen LogP contribution in [0.3, 0.4) is 0 Å². The summed E-state index contributed by atoms with van der Waals surface area (Å²) in [5.74, 6) is 0.490. The molecule has 5 nitrogen and oxygen atoms in total. The molecule has 0 saturated carbocycles. The van der Waals surface area contributed by atoms with Crippen LogP contribution in [0.5, 0.6) is 11.5 Å². The highest BCUT2D eigenvalue weighted by molar-refractivity contribution is 9.10. The van der Waals surface area contributed by atoms with Crippen molar-refractivity contribution in [2.24, 2.45) is 0 Å². The lowest BCUT2D eigenvalue weighted by Gasteiger charge is -2.13. The van der Waals surface area contributed by atoms with Gasteiger partial charge in [-0.3, -0.25) is 9.59 Å². The fourth-order valence-corrected chi connectivity index (χ4v) is 3.68. The summed E-state index contributed by atoms with van der Waals surface area (Å²) < 4.78 is 11.9. The van der Waals surface area contributed by atoms with E-state index in [1.54, 1.807) is 24.3 Å². The molecule has 166 valence electrons. The highest BCUT2D eigenvalue weighted by atomic mass is 79.9. The molecule has 1 amide bonds. The minimum Gasteiger partial charge on any atom is -0.492 e. The van der Waals surface area contributed by atoms with Gasteiger partial charge in [0.15, 0.2) is 0 Å². The Labute approximate surface area is 200 Å². The van der Waals surface area contributed by atoms with E-state index >= 15 is 0 Å². The van der Waals surface area contributed by atoms with Crippen LogP contribution < -0.4 is 14.8 Å². The highest BCUT2D eigenvalue weighted by Crippen LogP contribution is 2.35. The number of para-hydroxylation sites is 1. The standard InChI is InChI=1S/C25H23BrClNO4/c1-16-15-21(23(26)17(2)24(16)27)31-14-6-9-22(29)32-20-12-10-18(11-13-20)25(30)28-19-7-4-3-5-8-19/h3-5,7-8,10-13,15H,6,9,14H2,1-2H3,(H,28,30). The van der Waals surface area contributed by atoms with Crippen molar-refractivity contribution in [1.82, 2.24) is 0 Å². The topological polar surface area (TPSA) is 64.6 Å². The predicted molar refractivity (Wildman–Crippen MR) is 130 cm³/mol. The van der Waals surface area contributed by atoms with E-state index in [-0.39, 0.29) is 18.3 Å². The van der Waals surface area contributed by atoms with Gasteiger partial charge in [-0.15, -0.1) is 0 Å². The maximum atomic E-state index is 12.3. The van der Waals surface area contributed by atoms with E-state index in [1.807, 2.05) is 50.2 Å². The molecule has 0 aliphatic carbocycles. The van der Waals surface area contributed by atoms with Gasteiger partial charge < -0.3 is 14.8 Å². The second-order valence-corrected chi connectivity index (χ2v) is 8.39. The number of hydrogen-bond donors (Lipinski definition) is 1. The first-order chi connectivity index (χ1) is 15.3. The number of hydrogen-bond acceptors (Lipinski definition) is 4. The first-order valence-corrected chi connectivity index (χ1v) is 11.3. The van der Waals surface area contributed by atoms with Gasteiger partial charge in [0.25, 0.3) is 5.91 Å². The molecule has 0 aliphatic rings. The molecule has 32 heavy (non-hydrogen) atoms. The second kappa shape index (κ2) is 11.2. The van der Waals surface area contributed by atoms with Gasteiger partial charge >= 0.3 is 5.97 Å². The van der Waals surface area contributed by atoms with E-state index in [9.17, 15) is 9.59 Å². The van der Waals surface area contributed by atoms with Crippen LogP contribution in [0.2, 0.25) is 5.02 Å². The fraction of sp³-hybridized carbons (Fsp3) is 0.200. The number of anilines is 1. The summed E-state index contributed by atoms with van der Waals surface area (Å²) in [6.45, 7) is 4.20. The lowest BCUT2D eigenvalue weighted by Crippen LogP contribution is -2.12. The fourth-order valence-electron chi connectivity index (χ4n) is 2.99. The highest BCUT2D eigenvalue weighted by Gasteiger charge is 2.12. The van der Waals surface area contributed by atoms with Crippen LogP contribution in [0.1, 0.15) is 34.3 Å². The average Bonchev–Trinajstić information content (AvgIpc) is 2.79. The van der Waals surface area contributed by atoms with Gasteiger partial charge in [0.05, 0.1) is 11.1 Å². The number of esters is 1. The Kier molecular flexibility index (Phi) is 8.31. The molecule has 0 fully saturated rings. The van der Waals surface area contributed by atoms with Crippen molar-refractivity contribution in [1.29, 1.82) is 0 Å². The molecule has 3 aromatic rings.